The molecule has 2 atom stereocenters. The highest BCUT2D eigenvalue weighted by molar-refractivity contribution is 5.47. The molecule has 0 aliphatic carbocycles. The highest BCUT2D eigenvalue weighted by Gasteiger charge is 2.44. The van der Waals surface area contributed by atoms with Gasteiger partial charge in [-0.05, 0) is 32.0 Å². The van der Waals surface area contributed by atoms with Crippen molar-refractivity contribution < 1.29 is 14.9 Å². The predicted molar refractivity (Wildman–Crippen MR) is 76.7 cm³/mol. The molecule has 7 heteroatoms. The van der Waals surface area contributed by atoms with Crippen molar-refractivity contribution in [2.75, 3.05) is 0 Å². The Bertz CT molecular complexity index is 828. The van der Waals surface area contributed by atoms with Gasteiger partial charge in [-0.15, -0.1) is 0 Å². The van der Waals surface area contributed by atoms with Gasteiger partial charge in [-0.1, -0.05) is 0 Å². The van der Waals surface area contributed by atoms with Crippen molar-refractivity contribution in [3.05, 3.63) is 45.7 Å². The van der Waals surface area contributed by atoms with Crippen LogP contribution in [0.25, 0.3) is 0 Å². The fourth-order valence-electron chi connectivity index (χ4n) is 2.72. The van der Waals surface area contributed by atoms with E-state index >= 15 is 0 Å². The van der Waals surface area contributed by atoms with Crippen LogP contribution in [-0.2, 0) is 0 Å². The zero-order valence-corrected chi connectivity index (χ0v) is 12.1. The third kappa shape index (κ3) is 2.05. The highest BCUT2D eigenvalue weighted by atomic mass is 16.5. The number of hydrogen-bond acceptors (Lipinski definition) is 5. The topological polar surface area (TPSA) is 111 Å². The Kier molecular flexibility index (Phi) is 3.00. The lowest BCUT2D eigenvalue weighted by molar-refractivity contribution is -0.0669. The number of aliphatic hydroxyl groups excluding tert-OH is 1. The second kappa shape index (κ2) is 4.64. The van der Waals surface area contributed by atoms with Crippen molar-refractivity contribution in [2.24, 2.45) is 0 Å². The molecule has 0 fully saturated rings. The van der Waals surface area contributed by atoms with E-state index in [9.17, 15) is 15.0 Å². The molecule has 0 saturated carbocycles. The van der Waals surface area contributed by atoms with E-state index in [4.69, 9.17) is 10.00 Å². The number of aromatic hydroxyl groups is 1. The van der Waals surface area contributed by atoms with E-state index in [1.54, 1.807) is 32.0 Å². The molecule has 0 spiro atoms. The van der Waals surface area contributed by atoms with Crippen LogP contribution in [0, 0.1) is 11.3 Å². The number of nitrogens with one attached hydrogen (secondary N) is 1. The normalized spacial score (nSPS) is 22.5. The molecule has 1 aromatic carbocycles. The first-order valence-corrected chi connectivity index (χ1v) is 6.75. The fraction of sp³-hybridized carbons (Fsp3) is 0.333. The first-order chi connectivity index (χ1) is 10.3. The van der Waals surface area contributed by atoms with E-state index in [1.165, 1.54) is 4.68 Å². The average Bonchev–Trinajstić information content (AvgIpc) is 2.78. The number of H-pyrrole nitrogens is 1. The van der Waals surface area contributed by atoms with E-state index in [0.29, 0.717) is 16.9 Å². The molecule has 7 nitrogen and oxygen atoms in total. The minimum Gasteiger partial charge on any atom is -0.493 e. The number of nitrogens with zero attached hydrogens (tertiary/aromatic N) is 2. The van der Waals surface area contributed by atoms with Crippen molar-refractivity contribution in [1.29, 1.82) is 5.26 Å². The summed E-state index contributed by atoms with van der Waals surface area (Å²) in [6.07, 6.45) is -1.04. The van der Waals surface area contributed by atoms with Crippen molar-refractivity contribution in [2.45, 2.75) is 31.6 Å². The lowest BCUT2D eigenvalue weighted by Gasteiger charge is -2.42. The van der Waals surface area contributed by atoms with Gasteiger partial charge in [0.05, 0.1) is 17.7 Å². The van der Waals surface area contributed by atoms with Gasteiger partial charge in [-0.3, -0.25) is 9.89 Å². The standard InChI is InChI=1S/C15H15N3O4/c1-15(2)14(21)13(18-12(20)6-11(19)17-18)9-5-8(7-16)3-4-10(9)22-15/h3-6,13-14,20-21H,1-2H3,(H,17,19)/t13-,14+/m0/s1. The number of aromatic amines is 1. The Labute approximate surface area is 126 Å². The van der Waals surface area contributed by atoms with Crippen LogP contribution in [0.2, 0.25) is 0 Å². The van der Waals surface area contributed by atoms with Crippen molar-refractivity contribution in [3.8, 4) is 17.7 Å². The fourth-order valence-corrected chi connectivity index (χ4v) is 2.72. The van der Waals surface area contributed by atoms with Gasteiger partial charge >= 0.3 is 0 Å². The Morgan fingerprint density at radius 1 is 1.41 bits per heavy atom. The number of fused-ring (bicyclic) bond motifs is 1. The monoisotopic (exact) mass is 301 g/mol. The number of ether oxygens (including phenoxy) is 1. The summed E-state index contributed by atoms with van der Waals surface area (Å²) in [7, 11) is 0. The molecule has 0 unspecified atom stereocenters. The van der Waals surface area contributed by atoms with Crippen LogP contribution in [-0.4, -0.2) is 31.7 Å². The SMILES string of the molecule is CC1(C)Oc2ccc(C#N)cc2[C@H](n2[nH]c(=O)cc2O)[C@H]1O. The molecular formula is C15H15N3O4. The van der Waals surface area contributed by atoms with Gasteiger partial charge in [-0.25, -0.2) is 4.68 Å². The number of benzene rings is 1. The molecule has 0 radical (unpaired) electrons. The molecular weight excluding hydrogens is 286 g/mol. The summed E-state index contributed by atoms with van der Waals surface area (Å²) in [5, 5.41) is 32.1. The Morgan fingerprint density at radius 2 is 2.14 bits per heavy atom. The molecule has 1 aliphatic rings. The number of aliphatic hydroxyl groups is 1. The first kappa shape index (κ1) is 14.2. The molecule has 0 amide bonds. The van der Waals surface area contributed by atoms with Crippen molar-refractivity contribution in [3.63, 3.8) is 0 Å². The predicted octanol–water partition coefficient (Wildman–Crippen LogP) is 0.875. The maximum atomic E-state index is 11.5. The largest absolute Gasteiger partial charge is 0.493 e. The number of hydrogen-bond donors (Lipinski definition) is 3. The van der Waals surface area contributed by atoms with Crippen LogP contribution >= 0.6 is 0 Å². The first-order valence-electron chi connectivity index (χ1n) is 6.75. The summed E-state index contributed by atoms with van der Waals surface area (Å²) in [4.78, 5) is 11.5. The van der Waals surface area contributed by atoms with Crippen molar-refractivity contribution in [1.82, 2.24) is 9.78 Å². The van der Waals surface area contributed by atoms with Crippen LogP contribution in [0.1, 0.15) is 31.0 Å². The van der Waals surface area contributed by atoms with Crippen LogP contribution in [0.3, 0.4) is 0 Å². The van der Waals surface area contributed by atoms with Gasteiger partial charge < -0.3 is 14.9 Å². The molecule has 0 bridgehead atoms. The summed E-state index contributed by atoms with van der Waals surface area (Å²) >= 11 is 0. The van der Waals surface area contributed by atoms with Gasteiger partial charge in [-0.2, -0.15) is 5.26 Å². The molecule has 3 rings (SSSR count). The van der Waals surface area contributed by atoms with Crippen molar-refractivity contribution >= 4 is 0 Å². The van der Waals surface area contributed by atoms with E-state index in [1.807, 2.05) is 6.07 Å². The Morgan fingerprint density at radius 3 is 2.73 bits per heavy atom. The summed E-state index contributed by atoms with van der Waals surface area (Å²) in [6.45, 7) is 3.43. The molecule has 1 aromatic heterocycles. The zero-order chi connectivity index (χ0) is 16.1. The summed E-state index contributed by atoms with van der Waals surface area (Å²) in [5.74, 6) is 0.202. The molecule has 22 heavy (non-hydrogen) atoms. The zero-order valence-electron chi connectivity index (χ0n) is 12.1. The maximum Gasteiger partial charge on any atom is 0.268 e. The van der Waals surface area contributed by atoms with E-state index in [2.05, 4.69) is 5.10 Å². The molecule has 3 N–H and O–H groups in total. The van der Waals surface area contributed by atoms with E-state index < -0.39 is 23.3 Å². The number of aromatic nitrogens is 2. The minimum absolute atomic E-state index is 0.292. The molecule has 1 aliphatic heterocycles. The number of rotatable bonds is 1. The molecule has 0 saturated heterocycles. The van der Waals surface area contributed by atoms with Crippen LogP contribution in [0.4, 0.5) is 0 Å². The van der Waals surface area contributed by atoms with Crippen LogP contribution < -0.4 is 10.3 Å². The van der Waals surface area contributed by atoms with Gasteiger partial charge in [0.15, 0.2) is 0 Å². The summed E-state index contributed by atoms with van der Waals surface area (Å²) in [5.41, 5.74) is -0.493. The molecule has 114 valence electrons. The third-order valence-corrected chi connectivity index (χ3v) is 3.86. The highest BCUT2D eigenvalue weighted by Crippen LogP contribution is 2.42. The molecule has 2 aromatic rings. The molecule has 2 heterocycles. The van der Waals surface area contributed by atoms with E-state index in [0.717, 1.165) is 6.07 Å². The van der Waals surface area contributed by atoms with Gasteiger partial charge in [0.2, 0.25) is 5.88 Å². The Balaban J connectivity index is 2.26. The second-order valence-corrected chi connectivity index (χ2v) is 5.81. The lowest BCUT2D eigenvalue weighted by atomic mass is 9.86. The van der Waals surface area contributed by atoms with E-state index in [-0.39, 0.29) is 5.88 Å². The van der Waals surface area contributed by atoms with Gasteiger partial charge in [0.1, 0.15) is 23.5 Å². The Hall–Kier alpha value is -2.72. The summed E-state index contributed by atoms with van der Waals surface area (Å²) in [6, 6.07) is 7.12. The number of nitriles is 1. The third-order valence-electron chi connectivity index (χ3n) is 3.86. The van der Waals surface area contributed by atoms with Gasteiger partial charge in [0, 0.05) is 5.56 Å². The van der Waals surface area contributed by atoms with Gasteiger partial charge in [0.25, 0.3) is 5.56 Å². The quantitative estimate of drug-likeness (QED) is 0.724. The maximum absolute atomic E-state index is 11.5. The van der Waals surface area contributed by atoms with Crippen LogP contribution in [0.15, 0.2) is 29.1 Å². The average molecular weight is 301 g/mol. The lowest BCUT2D eigenvalue weighted by Crippen LogP contribution is -2.50. The smallest absolute Gasteiger partial charge is 0.268 e. The second-order valence-electron chi connectivity index (χ2n) is 5.81. The summed E-state index contributed by atoms with van der Waals surface area (Å²) < 4.78 is 6.97. The van der Waals surface area contributed by atoms with Crippen LogP contribution in [0.5, 0.6) is 11.6 Å². The minimum atomic E-state index is -1.04.